The number of rotatable bonds is 2. The summed E-state index contributed by atoms with van der Waals surface area (Å²) in [7, 11) is 0. The molecule has 0 saturated carbocycles. The van der Waals surface area contributed by atoms with Crippen LogP contribution in [0.4, 0.5) is 5.69 Å². The zero-order valence-corrected chi connectivity index (χ0v) is 22.3. The molecule has 2 nitrogen and oxygen atoms in total. The van der Waals surface area contributed by atoms with E-state index in [-0.39, 0.29) is 0 Å². The highest BCUT2D eigenvalue weighted by Gasteiger charge is 2.27. The zero-order chi connectivity index (χ0) is 25.8. The molecule has 0 amide bonds. The van der Waals surface area contributed by atoms with Crippen LogP contribution in [0.2, 0.25) is 0 Å². The third kappa shape index (κ3) is 3.85. The molecule has 39 heavy (non-hydrogen) atoms. The van der Waals surface area contributed by atoms with Crippen molar-refractivity contribution in [2.45, 2.75) is 19.3 Å². The van der Waals surface area contributed by atoms with Gasteiger partial charge in [0.05, 0.1) is 16.9 Å². The molecule has 1 unspecified atom stereocenters. The van der Waals surface area contributed by atoms with Crippen molar-refractivity contribution in [3.8, 4) is 22.4 Å². The Labute approximate surface area is 231 Å². The number of para-hydroxylation sites is 1. The lowest BCUT2D eigenvalue weighted by Crippen LogP contribution is -2.20. The molecule has 1 aliphatic heterocycles. The van der Waals surface area contributed by atoms with Gasteiger partial charge in [-0.1, -0.05) is 85.0 Å². The summed E-state index contributed by atoms with van der Waals surface area (Å²) in [5.74, 6) is 0.423. The van der Waals surface area contributed by atoms with Crippen LogP contribution < -0.4 is 0 Å². The fourth-order valence-corrected chi connectivity index (χ4v) is 7.23. The van der Waals surface area contributed by atoms with E-state index in [0.717, 1.165) is 47.1 Å². The van der Waals surface area contributed by atoms with Crippen LogP contribution in [-0.2, 0) is 6.42 Å². The Hall–Kier alpha value is -4.34. The van der Waals surface area contributed by atoms with Crippen molar-refractivity contribution in [1.29, 1.82) is 0 Å². The van der Waals surface area contributed by atoms with Gasteiger partial charge in [0.2, 0.25) is 0 Å². The summed E-state index contributed by atoms with van der Waals surface area (Å²) in [6, 6.07) is 32.9. The van der Waals surface area contributed by atoms with Gasteiger partial charge in [0.1, 0.15) is 0 Å². The van der Waals surface area contributed by atoms with Gasteiger partial charge >= 0.3 is 0 Å². The van der Waals surface area contributed by atoms with Gasteiger partial charge in [0.15, 0.2) is 0 Å². The van der Waals surface area contributed by atoms with Crippen LogP contribution in [0.5, 0.6) is 0 Å². The Morgan fingerprint density at radius 2 is 1.46 bits per heavy atom. The quantitative estimate of drug-likeness (QED) is 0.224. The number of aromatic nitrogens is 1. The molecule has 0 spiro atoms. The van der Waals surface area contributed by atoms with Crippen molar-refractivity contribution in [3.63, 3.8) is 0 Å². The second-order valence-corrected chi connectivity index (χ2v) is 11.6. The van der Waals surface area contributed by atoms with Crippen LogP contribution in [0, 0.1) is 5.92 Å². The molecular weight excluding hydrogens is 492 g/mol. The summed E-state index contributed by atoms with van der Waals surface area (Å²) in [6.45, 7) is 0. The minimum absolute atomic E-state index is 0.423. The first-order valence-corrected chi connectivity index (χ1v) is 14.5. The first-order chi connectivity index (χ1) is 19.3. The smallest absolute Gasteiger partial charge is 0.0781 e. The topological polar surface area (TPSA) is 25.2 Å². The average molecular weight is 519 g/mol. The normalized spacial score (nSPS) is 18.3. The number of nitrogens with zero attached hydrogens (tertiary/aromatic N) is 2. The number of hydrogen-bond acceptors (Lipinski definition) is 3. The lowest BCUT2D eigenvalue weighted by molar-refractivity contribution is 0.624. The predicted molar refractivity (Wildman–Crippen MR) is 167 cm³/mol. The number of thiophene rings is 1. The highest BCUT2D eigenvalue weighted by Crippen LogP contribution is 2.42. The minimum atomic E-state index is 0.423. The van der Waals surface area contributed by atoms with E-state index in [1.165, 1.54) is 42.6 Å². The molecule has 3 heterocycles. The number of pyridine rings is 1. The lowest BCUT2D eigenvalue weighted by Gasteiger charge is -2.26. The number of allylic oxidation sites excluding steroid dienone is 4. The molecule has 1 atom stereocenters. The zero-order valence-electron chi connectivity index (χ0n) is 21.5. The highest BCUT2D eigenvalue weighted by molar-refractivity contribution is 7.25. The maximum absolute atomic E-state index is 5.25. The minimum Gasteiger partial charge on any atom is -0.252 e. The third-order valence-electron chi connectivity index (χ3n) is 8.14. The Morgan fingerprint density at radius 1 is 0.692 bits per heavy atom. The van der Waals surface area contributed by atoms with Gasteiger partial charge in [-0.2, -0.15) is 0 Å². The van der Waals surface area contributed by atoms with Gasteiger partial charge in [-0.15, -0.1) is 11.3 Å². The second kappa shape index (κ2) is 9.14. The molecule has 8 rings (SSSR count). The molecule has 6 aromatic rings. The fraction of sp³-hybridized carbons (Fsp3) is 0.111. The van der Waals surface area contributed by atoms with E-state index < -0.39 is 0 Å². The molecule has 3 heteroatoms. The molecule has 0 N–H and O–H groups in total. The summed E-state index contributed by atoms with van der Waals surface area (Å²) in [6.07, 6.45) is 11.9. The van der Waals surface area contributed by atoms with E-state index in [1.807, 2.05) is 11.3 Å². The van der Waals surface area contributed by atoms with E-state index in [9.17, 15) is 0 Å². The van der Waals surface area contributed by atoms with Crippen LogP contribution in [0.1, 0.15) is 18.4 Å². The summed E-state index contributed by atoms with van der Waals surface area (Å²) in [5, 5.41) is 3.81. The summed E-state index contributed by atoms with van der Waals surface area (Å²) in [4.78, 5) is 10.5. The Kier molecular flexibility index (Phi) is 5.31. The van der Waals surface area contributed by atoms with Crippen LogP contribution in [0.25, 0.3) is 53.5 Å². The maximum Gasteiger partial charge on any atom is 0.0781 e. The SMILES string of the molecule is C1=C\CCC2Cc3c(-c4ccc(-c5ccc6sc7ccccc7c6c5)cc4)nc4ccccc4c3N=C2\C=C/1. The summed E-state index contributed by atoms with van der Waals surface area (Å²) >= 11 is 1.86. The van der Waals surface area contributed by atoms with Crippen LogP contribution >= 0.6 is 11.3 Å². The molecule has 0 bridgehead atoms. The number of fused-ring (bicyclic) bond motifs is 7. The van der Waals surface area contributed by atoms with Crippen LogP contribution in [0.3, 0.4) is 0 Å². The highest BCUT2D eigenvalue weighted by atomic mass is 32.1. The molecule has 186 valence electrons. The maximum atomic E-state index is 5.25. The van der Waals surface area contributed by atoms with Gasteiger partial charge in [0.25, 0.3) is 0 Å². The fourth-order valence-electron chi connectivity index (χ4n) is 6.14. The molecule has 2 aromatic heterocycles. The van der Waals surface area contributed by atoms with Crippen LogP contribution in [0.15, 0.2) is 120 Å². The van der Waals surface area contributed by atoms with Gasteiger partial charge in [0, 0.05) is 48.3 Å². The molecule has 0 radical (unpaired) electrons. The van der Waals surface area contributed by atoms with Gasteiger partial charge in [-0.25, -0.2) is 4.98 Å². The van der Waals surface area contributed by atoms with E-state index in [0.29, 0.717) is 5.92 Å². The van der Waals surface area contributed by atoms with Crippen molar-refractivity contribution in [1.82, 2.24) is 4.98 Å². The lowest BCUT2D eigenvalue weighted by atomic mass is 9.83. The van der Waals surface area contributed by atoms with Gasteiger partial charge < -0.3 is 0 Å². The summed E-state index contributed by atoms with van der Waals surface area (Å²) < 4.78 is 2.68. The van der Waals surface area contributed by atoms with Crippen molar-refractivity contribution in [3.05, 3.63) is 121 Å². The van der Waals surface area contributed by atoms with Crippen molar-refractivity contribution in [2.75, 3.05) is 0 Å². The molecule has 2 aliphatic rings. The number of aliphatic imine (C=N–C) groups is 1. The first-order valence-electron chi connectivity index (χ1n) is 13.7. The first kappa shape index (κ1) is 22.6. The number of hydrogen-bond donors (Lipinski definition) is 0. The largest absolute Gasteiger partial charge is 0.252 e. The standard InChI is InChI=1S/C36H26N2S/c1-2-4-12-31-26(9-3-1)22-30-35(38-32-13-7-5-11-28(32)36(30)37-31)24-17-15-23(16-18-24)25-19-20-34-29(21-25)27-10-6-8-14-33(27)39-34/h1-2,4-8,10-21,26H,3,9,22H2/b2-1-,12-4-. The second-order valence-electron chi connectivity index (χ2n) is 10.5. The number of benzene rings is 4. The van der Waals surface area contributed by atoms with Crippen molar-refractivity contribution in [2.24, 2.45) is 10.9 Å². The monoisotopic (exact) mass is 518 g/mol. The van der Waals surface area contributed by atoms with E-state index >= 15 is 0 Å². The average Bonchev–Trinajstić information content (AvgIpc) is 3.35. The molecule has 4 aromatic carbocycles. The van der Waals surface area contributed by atoms with Gasteiger partial charge in [-0.3, -0.25) is 4.99 Å². The van der Waals surface area contributed by atoms with E-state index in [2.05, 4.69) is 115 Å². The Balaban J connectivity index is 1.24. The van der Waals surface area contributed by atoms with E-state index in [1.54, 1.807) is 0 Å². The Morgan fingerprint density at radius 3 is 2.38 bits per heavy atom. The Bertz CT molecular complexity index is 1990. The molecular formula is C36H26N2S. The predicted octanol–water partition coefficient (Wildman–Crippen LogP) is 10.1. The van der Waals surface area contributed by atoms with Crippen LogP contribution in [-0.4, -0.2) is 10.7 Å². The van der Waals surface area contributed by atoms with Crippen molar-refractivity contribution >= 4 is 53.8 Å². The van der Waals surface area contributed by atoms with Gasteiger partial charge in [-0.05, 0) is 60.7 Å². The summed E-state index contributed by atoms with van der Waals surface area (Å²) in [5.41, 5.74) is 9.26. The van der Waals surface area contributed by atoms with Crippen molar-refractivity contribution < 1.29 is 0 Å². The molecule has 1 aliphatic carbocycles. The molecule has 0 fully saturated rings. The van der Waals surface area contributed by atoms with E-state index in [4.69, 9.17) is 9.98 Å². The third-order valence-corrected chi connectivity index (χ3v) is 9.29. The molecule has 0 saturated heterocycles.